The molecule has 0 aromatic carbocycles. The van der Waals surface area contributed by atoms with Gasteiger partial charge >= 0.3 is 0 Å². The van der Waals surface area contributed by atoms with E-state index in [1.807, 2.05) is 20.9 Å². The molecule has 0 aromatic rings. The Bertz CT molecular complexity index is 164. The molecule has 0 aromatic heterocycles. The molecule has 1 atom stereocenters. The van der Waals surface area contributed by atoms with Crippen LogP contribution in [0.15, 0.2) is 11.9 Å². The zero-order valence-corrected chi connectivity index (χ0v) is 10.4. The lowest BCUT2D eigenvalue weighted by Crippen LogP contribution is -2.20. The Hall–Kier alpha value is -0.660. The van der Waals surface area contributed by atoms with Gasteiger partial charge in [-0.05, 0) is 18.8 Å². The first kappa shape index (κ1) is 13.3. The second kappa shape index (κ2) is 7.72. The van der Waals surface area contributed by atoms with Gasteiger partial charge < -0.3 is 10.2 Å². The molecule has 14 heavy (non-hydrogen) atoms. The van der Waals surface area contributed by atoms with Crippen molar-refractivity contribution in [1.82, 2.24) is 10.2 Å². The monoisotopic (exact) mass is 198 g/mol. The molecule has 0 aliphatic carbocycles. The lowest BCUT2D eigenvalue weighted by Gasteiger charge is -2.20. The Labute approximate surface area is 89.4 Å². The summed E-state index contributed by atoms with van der Waals surface area (Å²) in [5, 5.41) is 3.11. The lowest BCUT2D eigenvalue weighted by molar-refractivity contribution is 0.395. The van der Waals surface area contributed by atoms with Crippen molar-refractivity contribution in [2.24, 2.45) is 5.92 Å². The smallest absolute Gasteiger partial charge is 0.0289 e. The fraction of sp³-hybridized carbons (Fsp3) is 0.833. The van der Waals surface area contributed by atoms with E-state index in [-0.39, 0.29) is 0 Å². The summed E-state index contributed by atoms with van der Waals surface area (Å²) in [6.07, 6.45) is 4.60. The van der Waals surface area contributed by atoms with Gasteiger partial charge in [-0.3, -0.25) is 0 Å². The minimum absolute atomic E-state index is 0.872. The highest BCUT2D eigenvalue weighted by Gasteiger charge is 2.19. The van der Waals surface area contributed by atoms with Crippen LogP contribution in [0.5, 0.6) is 0 Å². The lowest BCUT2D eigenvalue weighted by atomic mass is 10.2. The van der Waals surface area contributed by atoms with Crippen LogP contribution in [0.25, 0.3) is 0 Å². The predicted molar refractivity (Wildman–Crippen MR) is 64.1 cm³/mol. The third kappa shape index (κ3) is 4.03. The summed E-state index contributed by atoms with van der Waals surface area (Å²) in [4.78, 5) is 2.49. The van der Waals surface area contributed by atoms with Crippen molar-refractivity contribution in [1.29, 1.82) is 0 Å². The fourth-order valence-electron chi connectivity index (χ4n) is 1.78. The van der Waals surface area contributed by atoms with Crippen LogP contribution in [0, 0.1) is 5.92 Å². The highest BCUT2D eigenvalue weighted by atomic mass is 15.2. The molecule has 1 saturated heterocycles. The molecule has 1 unspecified atom stereocenters. The summed E-state index contributed by atoms with van der Waals surface area (Å²) in [5.41, 5.74) is 1.45. The number of rotatable bonds is 3. The van der Waals surface area contributed by atoms with Gasteiger partial charge in [-0.2, -0.15) is 0 Å². The first-order valence-corrected chi connectivity index (χ1v) is 5.89. The second-order valence-electron chi connectivity index (χ2n) is 3.62. The van der Waals surface area contributed by atoms with E-state index in [1.165, 1.54) is 25.2 Å². The number of hydrogen-bond donors (Lipinski definition) is 1. The zero-order valence-electron chi connectivity index (χ0n) is 10.4. The third-order valence-corrected chi connectivity index (χ3v) is 2.50. The fourth-order valence-corrected chi connectivity index (χ4v) is 1.78. The quantitative estimate of drug-likeness (QED) is 0.750. The molecule has 1 N–H and O–H groups in total. The molecule has 0 saturated carbocycles. The van der Waals surface area contributed by atoms with Gasteiger partial charge in [0.05, 0.1) is 0 Å². The summed E-state index contributed by atoms with van der Waals surface area (Å²) >= 11 is 0. The summed E-state index contributed by atoms with van der Waals surface area (Å²) in [6, 6.07) is 0. The maximum atomic E-state index is 3.11. The predicted octanol–water partition coefficient (Wildman–Crippen LogP) is 2.83. The van der Waals surface area contributed by atoms with Crippen molar-refractivity contribution >= 4 is 0 Å². The molecule has 0 radical (unpaired) electrons. The first-order chi connectivity index (χ1) is 6.77. The van der Waals surface area contributed by atoms with E-state index in [2.05, 4.69) is 30.3 Å². The second-order valence-corrected chi connectivity index (χ2v) is 3.62. The average Bonchev–Trinajstić information content (AvgIpc) is 2.64. The van der Waals surface area contributed by atoms with Crippen LogP contribution in [0.2, 0.25) is 0 Å². The third-order valence-electron chi connectivity index (χ3n) is 2.50. The number of nitrogens with zero attached hydrogens (tertiary/aromatic N) is 1. The Balaban J connectivity index is 0.000000791. The van der Waals surface area contributed by atoms with Crippen LogP contribution in [0.3, 0.4) is 0 Å². The zero-order chi connectivity index (χ0) is 11.0. The Kier molecular flexibility index (Phi) is 7.35. The highest BCUT2D eigenvalue weighted by Crippen LogP contribution is 2.20. The molecule has 0 amide bonds. The maximum absolute atomic E-state index is 3.11. The van der Waals surface area contributed by atoms with Crippen LogP contribution < -0.4 is 5.32 Å². The van der Waals surface area contributed by atoms with Gasteiger partial charge in [-0.25, -0.2) is 0 Å². The SMILES string of the molecule is CC.CC/C(=C\NC)N1CCC(C)C1. The molecular formula is C12H26N2. The standard InChI is InChI=1S/C10H20N2.C2H6/c1-4-10(7-11-3)12-6-5-9(2)8-12;1-2/h7,9,11H,4-6,8H2,1-3H3;1-2H3/b10-7+;. The van der Waals surface area contributed by atoms with E-state index in [4.69, 9.17) is 0 Å². The average molecular weight is 198 g/mol. The maximum Gasteiger partial charge on any atom is 0.0289 e. The molecule has 1 rings (SSSR count). The Morgan fingerprint density at radius 3 is 2.50 bits per heavy atom. The van der Waals surface area contributed by atoms with E-state index in [0.29, 0.717) is 0 Å². The number of allylic oxidation sites excluding steroid dienone is 1. The van der Waals surface area contributed by atoms with Crippen molar-refractivity contribution < 1.29 is 0 Å². The highest BCUT2D eigenvalue weighted by molar-refractivity contribution is 5.01. The van der Waals surface area contributed by atoms with Crippen molar-refractivity contribution in [2.45, 2.75) is 40.5 Å². The summed E-state index contributed by atoms with van der Waals surface area (Å²) in [5.74, 6) is 0.872. The molecule has 1 aliphatic heterocycles. The minimum atomic E-state index is 0.872. The van der Waals surface area contributed by atoms with E-state index in [9.17, 15) is 0 Å². The summed E-state index contributed by atoms with van der Waals surface area (Å²) < 4.78 is 0. The molecule has 1 aliphatic rings. The van der Waals surface area contributed by atoms with Gasteiger partial charge in [-0.15, -0.1) is 0 Å². The van der Waals surface area contributed by atoms with E-state index in [0.717, 1.165) is 12.3 Å². The molecule has 0 bridgehead atoms. The van der Waals surface area contributed by atoms with Crippen LogP contribution in [0.1, 0.15) is 40.5 Å². The van der Waals surface area contributed by atoms with Gasteiger partial charge in [0.25, 0.3) is 0 Å². The van der Waals surface area contributed by atoms with Crippen LogP contribution >= 0.6 is 0 Å². The topological polar surface area (TPSA) is 15.3 Å². The minimum Gasteiger partial charge on any atom is -0.393 e. The number of hydrogen-bond acceptors (Lipinski definition) is 2. The van der Waals surface area contributed by atoms with Gasteiger partial charge in [-0.1, -0.05) is 27.7 Å². The summed E-state index contributed by atoms with van der Waals surface area (Å²) in [7, 11) is 1.97. The van der Waals surface area contributed by atoms with Crippen molar-refractivity contribution in [2.75, 3.05) is 20.1 Å². The molecule has 84 valence electrons. The largest absolute Gasteiger partial charge is 0.393 e. The Morgan fingerprint density at radius 2 is 2.14 bits per heavy atom. The van der Waals surface area contributed by atoms with E-state index < -0.39 is 0 Å². The van der Waals surface area contributed by atoms with E-state index in [1.54, 1.807) is 0 Å². The molecule has 0 spiro atoms. The van der Waals surface area contributed by atoms with Crippen molar-refractivity contribution in [3.63, 3.8) is 0 Å². The van der Waals surface area contributed by atoms with Crippen molar-refractivity contribution in [3.8, 4) is 0 Å². The first-order valence-electron chi connectivity index (χ1n) is 5.89. The number of nitrogens with one attached hydrogen (secondary N) is 1. The molecule has 1 heterocycles. The van der Waals surface area contributed by atoms with E-state index >= 15 is 0 Å². The van der Waals surface area contributed by atoms with Gasteiger partial charge in [0.1, 0.15) is 0 Å². The van der Waals surface area contributed by atoms with Crippen LogP contribution in [0.4, 0.5) is 0 Å². The van der Waals surface area contributed by atoms with Crippen molar-refractivity contribution in [3.05, 3.63) is 11.9 Å². The molecule has 1 fully saturated rings. The Morgan fingerprint density at radius 1 is 1.50 bits per heavy atom. The van der Waals surface area contributed by atoms with Crippen LogP contribution in [-0.4, -0.2) is 25.0 Å². The van der Waals surface area contributed by atoms with Crippen LogP contribution in [-0.2, 0) is 0 Å². The molecule has 2 heteroatoms. The molecular weight excluding hydrogens is 172 g/mol. The van der Waals surface area contributed by atoms with Gasteiger partial charge in [0.2, 0.25) is 0 Å². The number of likely N-dealkylation sites (tertiary alicyclic amines) is 1. The van der Waals surface area contributed by atoms with Gasteiger partial charge in [0, 0.05) is 32.0 Å². The van der Waals surface area contributed by atoms with Gasteiger partial charge in [0.15, 0.2) is 0 Å². The molecule has 2 nitrogen and oxygen atoms in total. The normalized spacial score (nSPS) is 21.6. The summed E-state index contributed by atoms with van der Waals surface area (Å²) in [6.45, 7) is 11.0.